The summed E-state index contributed by atoms with van der Waals surface area (Å²) in [6.45, 7) is 4.90. The molecule has 0 fully saturated rings. The minimum absolute atomic E-state index is 0.0872. The van der Waals surface area contributed by atoms with Crippen LogP contribution in [0.1, 0.15) is 18.9 Å². The number of nitrogens with one attached hydrogen (secondary N) is 1. The highest BCUT2D eigenvalue weighted by Crippen LogP contribution is 2.31. The van der Waals surface area contributed by atoms with Gasteiger partial charge in [-0.05, 0) is 50.6 Å². The van der Waals surface area contributed by atoms with E-state index in [1.54, 1.807) is 24.3 Å². The van der Waals surface area contributed by atoms with Crippen molar-refractivity contribution in [3.05, 3.63) is 53.1 Å². The molecule has 0 bridgehead atoms. The van der Waals surface area contributed by atoms with E-state index in [-0.39, 0.29) is 22.2 Å². The zero-order valence-electron chi connectivity index (χ0n) is 17.4. The Balaban J connectivity index is 2.29. The first-order chi connectivity index (χ1) is 14.3. The van der Waals surface area contributed by atoms with Crippen LogP contribution in [0.4, 0.5) is 5.69 Å². The van der Waals surface area contributed by atoms with E-state index in [9.17, 15) is 13.2 Å². The van der Waals surface area contributed by atoms with Crippen LogP contribution in [-0.2, 0) is 19.6 Å². The third-order valence-electron chi connectivity index (χ3n) is 4.31. The number of halogens is 1. The van der Waals surface area contributed by atoms with Gasteiger partial charge < -0.3 is 14.8 Å². The van der Waals surface area contributed by atoms with Crippen molar-refractivity contribution in [1.82, 2.24) is 5.32 Å². The number of anilines is 1. The van der Waals surface area contributed by atoms with E-state index in [1.165, 1.54) is 25.3 Å². The molecule has 2 aromatic carbocycles. The third kappa shape index (κ3) is 6.35. The van der Waals surface area contributed by atoms with Crippen molar-refractivity contribution in [3.63, 3.8) is 0 Å². The quantitative estimate of drug-likeness (QED) is 0.526. The minimum Gasteiger partial charge on any atom is -0.495 e. The predicted octanol–water partition coefficient (Wildman–Crippen LogP) is 3.40. The number of amides is 1. The molecule has 0 unspecified atom stereocenters. The maximum Gasteiger partial charge on any atom is 0.264 e. The molecule has 1 N–H and O–H groups in total. The van der Waals surface area contributed by atoms with Crippen molar-refractivity contribution in [2.75, 3.05) is 37.7 Å². The van der Waals surface area contributed by atoms with Gasteiger partial charge >= 0.3 is 0 Å². The Hall–Kier alpha value is -2.29. The van der Waals surface area contributed by atoms with Crippen molar-refractivity contribution in [1.29, 1.82) is 0 Å². The lowest BCUT2D eigenvalue weighted by Gasteiger charge is -2.24. The summed E-state index contributed by atoms with van der Waals surface area (Å²) in [5.74, 6) is -0.0115. The number of ether oxygens (including phenoxy) is 2. The number of aryl methyl sites for hydroxylation is 1. The van der Waals surface area contributed by atoms with E-state index >= 15 is 0 Å². The molecule has 7 nitrogen and oxygen atoms in total. The molecule has 2 aromatic rings. The topological polar surface area (TPSA) is 84.9 Å². The first kappa shape index (κ1) is 24.0. The lowest BCUT2D eigenvalue weighted by Crippen LogP contribution is -2.41. The first-order valence-electron chi connectivity index (χ1n) is 9.57. The van der Waals surface area contributed by atoms with Crippen LogP contribution in [0.2, 0.25) is 5.02 Å². The fourth-order valence-corrected chi connectivity index (χ4v) is 4.36. The normalized spacial score (nSPS) is 11.2. The zero-order valence-corrected chi connectivity index (χ0v) is 18.9. The van der Waals surface area contributed by atoms with Crippen LogP contribution >= 0.6 is 11.6 Å². The van der Waals surface area contributed by atoms with Gasteiger partial charge in [-0.15, -0.1) is 0 Å². The zero-order chi connectivity index (χ0) is 22.1. The van der Waals surface area contributed by atoms with Crippen molar-refractivity contribution in [3.8, 4) is 5.75 Å². The minimum atomic E-state index is -3.99. The number of sulfonamides is 1. The molecule has 0 heterocycles. The maximum absolute atomic E-state index is 13.3. The molecule has 0 atom stereocenters. The summed E-state index contributed by atoms with van der Waals surface area (Å²) < 4.78 is 38.0. The van der Waals surface area contributed by atoms with Crippen LogP contribution in [-0.4, -0.2) is 47.7 Å². The summed E-state index contributed by atoms with van der Waals surface area (Å²) in [5, 5.41) is 2.98. The second kappa shape index (κ2) is 11.2. The predicted molar refractivity (Wildman–Crippen MR) is 118 cm³/mol. The summed E-state index contributed by atoms with van der Waals surface area (Å²) >= 11 is 6.20. The summed E-state index contributed by atoms with van der Waals surface area (Å²) in [4.78, 5) is 12.6. The SMILES string of the molecule is CCOCCCNC(=O)CN(c1ccc(OC)c(Cl)c1)S(=O)(=O)c1ccc(C)cc1. The molecule has 164 valence electrons. The molecule has 0 radical (unpaired) electrons. The molecule has 0 spiro atoms. The number of carbonyl (C=O) groups is 1. The molecule has 0 aliphatic rings. The summed E-state index contributed by atoms with van der Waals surface area (Å²) in [7, 11) is -2.52. The van der Waals surface area contributed by atoms with Crippen LogP contribution in [0.3, 0.4) is 0 Å². The Labute approximate surface area is 183 Å². The Bertz CT molecular complexity index is 948. The van der Waals surface area contributed by atoms with Gasteiger partial charge in [-0.3, -0.25) is 9.10 Å². The van der Waals surface area contributed by atoms with E-state index < -0.39 is 15.9 Å². The second-order valence-corrected chi connectivity index (χ2v) is 8.81. The largest absolute Gasteiger partial charge is 0.495 e. The maximum atomic E-state index is 13.3. The van der Waals surface area contributed by atoms with Crippen LogP contribution in [0, 0.1) is 6.92 Å². The van der Waals surface area contributed by atoms with E-state index in [2.05, 4.69) is 5.32 Å². The highest BCUT2D eigenvalue weighted by Gasteiger charge is 2.27. The highest BCUT2D eigenvalue weighted by molar-refractivity contribution is 7.92. The fourth-order valence-electron chi connectivity index (χ4n) is 2.70. The molecule has 0 aromatic heterocycles. The van der Waals surface area contributed by atoms with E-state index in [4.69, 9.17) is 21.1 Å². The second-order valence-electron chi connectivity index (χ2n) is 6.54. The van der Waals surface area contributed by atoms with Gasteiger partial charge in [-0.1, -0.05) is 29.3 Å². The number of carbonyl (C=O) groups excluding carboxylic acids is 1. The van der Waals surface area contributed by atoms with Gasteiger partial charge in [0, 0.05) is 19.8 Å². The number of benzene rings is 2. The molecular formula is C21H27ClN2O5S. The number of hydrogen-bond acceptors (Lipinski definition) is 5. The Morgan fingerprint density at radius 2 is 1.87 bits per heavy atom. The molecule has 0 aliphatic carbocycles. The standard InChI is InChI=1S/C21H27ClN2O5S/c1-4-29-13-5-12-23-21(25)15-24(17-8-11-20(28-3)19(22)14-17)30(26,27)18-9-6-16(2)7-10-18/h6-11,14H,4-5,12-13,15H2,1-3H3,(H,23,25). The van der Waals surface area contributed by atoms with Crippen LogP contribution < -0.4 is 14.4 Å². The summed E-state index contributed by atoms with van der Waals surface area (Å²) in [6, 6.07) is 11.0. The summed E-state index contributed by atoms with van der Waals surface area (Å²) in [5.41, 5.74) is 1.20. The molecule has 2 rings (SSSR count). The highest BCUT2D eigenvalue weighted by atomic mass is 35.5. The molecule has 30 heavy (non-hydrogen) atoms. The third-order valence-corrected chi connectivity index (χ3v) is 6.39. The summed E-state index contributed by atoms with van der Waals surface area (Å²) in [6.07, 6.45) is 0.638. The van der Waals surface area contributed by atoms with Gasteiger partial charge in [0.25, 0.3) is 10.0 Å². The van der Waals surface area contributed by atoms with Crippen molar-refractivity contribution < 1.29 is 22.7 Å². The average molecular weight is 455 g/mol. The lowest BCUT2D eigenvalue weighted by atomic mass is 10.2. The molecule has 0 saturated carbocycles. The number of nitrogens with zero attached hydrogens (tertiary/aromatic N) is 1. The van der Waals surface area contributed by atoms with Crippen molar-refractivity contribution in [2.45, 2.75) is 25.2 Å². The monoisotopic (exact) mass is 454 g/mol. The Morgan fingerprint density at radius 3 is 2.47 bits per heavy atom. The Kier molecular flexibility index (Phi) is 8.95. The van der Waals surface area contributed by atoms with Crippen LogP contribution in [0.5, 0.6) is 5.75 Å². The van der Waals surface area contributed by atoms with Crippen molar-refractivity contribution in [2.24, 2.45) is 0 Å². The smallest absolute Gasteiger partial charge is 0.264 e. The lowest BCUT2D eigenvalue weighted by molar-refractivity contribution is -0.119. The first-order valence-corrected chi connectivity index (χ1v) is 11.4. The van der Waals surface area contributed by atoms with Gasteiger partial charge in [-0.25, -0.2) is 8.42 Å². The van der Waals surface area contributed by atoms with Gasteiger partial charge in [0.05, 0.1) is 22.7 Å². The van der Waals surface area contributed by atoms with Gasteiger partial charge in [0.15, 0.2) is 0 Å². The number of methoxy groups -OCH3 is 1. The number of rotatable bonds is 11. The number of hydrogen-bond donors (Lipinski definition) is 1. The molecule has 9 heteroatoms. The van der Waals surface area contributed by atoms with Gasteiger partial charge in [0.1, 0.15) is 12.3 Å². The van der Waals surface area contributed by atoms with Crippen molar-refractivity contribution >= 4 is 33.2 Å². The average Bonchev–Trinajstić information content (AvgIpc) is 2.72. The molecular weight excluding hydrogens is 428 g/mol. The molecule has 0 saturated heterocycles. The van der Waals surface area contributed by atoms with E-state index in [1.807, 2.05) is 13.8 Å². The van der Waals surface area contributed by atoms with Gasteiger partial charge in [-0.2, -0.15) is 0 Å². The fraction of sp³-hybridized carbons (Fsp3) is 0.381. The van der Waals surface area contributed by atoms with Crippen LogP contribution in [0.25, 0.3) is 0 Å². The molecule has 0 aliphatic heterocycles. The Morgan fingerprint density at radius 1 is 1.17 bits per heavy atom. The molecule has 1 amide bonds. The van der Waals surface area contributed by atoms with E-state index in [0.717, 1.165) is 9.87 Å². The van der Waals surface area contributed by atoms with Gasteiger partial charge in [0.2, 0.25) is 5.91 Å². The van der Waals surface area contributed by atoms with E-state index in [0.29, 0.717) is 31.9 Å². The van der Waals surface area contributed by atoms with Crippen LogP contribution in [0.15, 0.2) is 47.4 Å².